The number of rotatable bonds is 4. The van der Waals surface area contributed by atoms with Gasteiger partial charge < -0.3 is 14.8 Å². The highest BCUT2D eigenvalue weighted by molar-refractivity contribution is 5.35. The summed E-state index contributed by atoms with van der Waals surface area (Å²) >= 11 is 0. The lowest BCUT2D eigenvalue weighted by atomic mass is 9.95. The van der Waals surface area contributed by atoms with Crippen LogP contribution < -0.4 is 5.32 Å². The molecule has 0 aromatic heterocycles. The zero-order valence-electron chi connectivity index (χ0n) is 12.2. The summed E-state index contributed by atoms with van der Waals surface area (Å²) in [5, 5.41) is 3.28. The van der Waals surface area contributed by atoms with E-state index in [1.54, 1.807) is 6.92 Å². The summed E-state index contributed by atoms with van der Waals surface area (Å²) < 4.78 is 49.3. The van der Waals surface area contributed by atoms with Crippen molar-refractivity contribution in [3.63, 3.8) is 0 Å². The van der Waals surface area contributed by atoms with Crippen LogP contribution >= 0.6 is 0 Å². The summed E-state index contributed by atoms with van der Waals surface area (Å²) in [6.45, 7) is 5.85. The standard InChI is InChI=1S/C15H20F3NO2/c1-3-19-14(13-9-20-6-7-21-13)12-5-4-11(8-10(12)2)15(16,17)18/h4-5,8,13-14,19H,3,6-7,9H2,1-2H3. The Morgan fingerprint density at radius 2 is 2.10 bits per heavy atom. The van der Waals surface area contributed by atoms with Crippen molar-refractivity contribution in [3.05, 3.63) is 34.9 Å². The Balaban J connectivity index is 2.27. The van der Waals surface area contributed by atoms with Gasteiger partial charge in [-0.3, -0.25) is 0 Å². The molecule has 1 saturated heterocycles. The van der Waals surface area contributed by atoms with Crippen LogP contribution in [0.3, 0.4) is 0 Å². The Morgan fingerprint density at radius 1 is 1.33 bits per heavy atom. The van der Waals surface area contributed by atoms with Gasteiger partial charge in [-0.25, -0.2) is 0 Å². The Hall–Kier alpha value is -1.11. The Morgan fingerprint density at radius 3 is 2.62 bits per heavy atom. The van der Waals surface area contributed by atoms with Crippen molar-refractivity contribution in [2.75, 3.05) is 26.4 Å². The first kappa shape index (κ1) is 16.3. The van der Waals surface area contributed by atoms with Crippen LogP contribution in [0, 0.1) is 6.92 Å². The largest absolute Gasteiger partial charge is 0.416 e. The fourth-order valence-corrected chi connectivity index (χ4v) is 2.56. The molecule has 1 aliphatic rings. The number of ether oxygens (including phenoxy) is 2. The van der Waals surface area contributed by atoms with Crippen LogP contribution in [0.25, 0.3) is 0 Å². The maximum atomic E-state index is 12.7. The van der Waals surface area contributed by atoms with E-state index in [-0.39, 0.29) is 12.1 Å². The molecule has 1 aromatic carbocycles. The highest BCUT2D eigenvalue weighted by atomic mass is 19.4. The first-order valence-corrected chi connectivity index (χ1v) is 7.04. The molecule has 1 fully saturated rings. The predicted molar refractivity (Wildman–Crippen MR) is 73.2 cm³/mol. The lowest BCUT2D eigenvalue weighted by Gasteiger charge is -2.32. The van der Waals surface area contributed by atoms with Gasteiger partial charge in [-0.05, 0) is 36.7 Å². The normalized spacial score (nSPS) is 21.3. The average Bonchev–Trinajstić information content (AvgIpc) is 2.45. The Bertz CT molecular complexity index is 470. The van der Waals surface area contributed by atoms with Gasteiger partial charge in [0.2, 0.25) is 0 Å². The lowest BCUT2D eigenvalue weighted by molar-refractivity contribution is -0.137. The summed E-state index contributed by atoms with van der Waals surface area (Å²) in [5.41, 5.74) is 0.796. The van der Waals surface area contributed by atoms with Gasteiger partial charge in [0.05, 0.1) is 31.4 Å². The van der Waals surface area contributed by atoms with Gasteiger partial charge in [-0.2, -0.15) is 13.2 Å². The van der Waals surface area contributed by atoms with Crippen molar-refractivity contribution in [2.45, 2.75) is 32.2 Å². The van der Waals surface area contributed by atoms with E-state index in [1.165, 1.54) is 12.1 Å². The first-order chi connectivity index (χ1) is 9.93. The van der Waals surface area contributed by atoms with Gasteiger partial charge >= 0.3 is 6.18 Å². The van der Waals surface area contributed by atoms with Crippen molar-refractivity contribution >= 4 is 0 Å². The van der Waals surface area contributed by atoms with Crippen molar-refractivity contribution in [3.8, 4) is 0 Å². The molecule has 3 nitrogen and oxygen atoms in total. The van der Waals surface area contributed by atoms with E-state index in [2.05, 4.69) is 5.32 Å². The first-order valence-electron chi connectivity index (χ1n) is 7.04. The molecule has 1 aliphatic heterocycles. The van der Waals surface area contributed by atoms with Crippen molar-refractivity contribution < 1.29 is 22.6 Å². The van der Waals surface area contributed by atoms with E-state index in [4.69, 9.17) is 9.47 Å². The number of nitrogens with one attached hydrogen (secondary N) is 1. The highest BCUT2D eigenvalue weighted by Gasteiger charge is 2.32. The minimum Gasteiger partial charge on any atom is -0.376 e. The molecule has 118 valence electrons. The van der Waals surface area contributed by atoms with E-state index in [0.717, 1.165) is 11.6 Å². The Labute approximate surface area is 122 Å². The molecule has 1 aromatic rings. The monoisotopic (exact) mass is 303 g/mol. The maximum absolute atomic E-state index is 12.7. The average molecular weight is 303 g/mol. The second-order valence-electron chi connectivity index (χ2n) is 5.09. The number of hydrogen-bond donors (Lipinski definition) is 1. The minimum absolute atomic E-state index is 0.169. The third-order valence-electron chi connectivity index (χ3n) is 3.57. The highest BCUT2D eigenvalue weighted by Crippen LogP contribution is 2.32. The predicted octanol–water partition coefficient (Wildman–Crippen LogP) is 3.08. The molecule has 0 spiro atoms. The molecule has 2 rings (SSSR count). The minimum atomic E-state index is -4.32. The van der Waals surface area contributed by atoms with Gasteiger partial charge in [0.15, 0.2) is 0 Å². The van der Waals surface area contributed by atoms with E-state index >= 15 is 0 Å². The van der Waals surface area contributed by atoms with E-state index in [0.29, 0.717) is 31.9 Å². The molecular formula is C15H20F3NO2. The molecule has 6 heteroatoms. The zero-order valence-corrected chi connectivity index (χ0v) is 12.2. The van der Waals surface area contributed by atoms with E-state index in [1.807, 2.05) is 6.92 Å². The quantitative estimate of drug-likeness (QED) is 0.927. The van der Waals surface area contributed by atoms with Gasteiger partial charge in [0, 0.05) is 0 Å². The molecule has 2 unspecified atom stereocenters. The third-order valence-corrected chi connectivity index (χ3v) is 3.57. The van der Waals surface area contributed by atoms with Crippen molar-refractivity contribution in [2.24, 2.45) is 0 Å². The second kappa shape index (κ2) is 6.77. The van der Waals surface area contributed by atoms with Crippen LogP contribution in [0.2, 0.25) is 0 Å². The van der Waals surface area contributed by atoms with Crippen molar-refractivity contribution in [1.82, 2.24) is 5.32 Å². The molecule has 0 bridgehead atoms. The topological polar surface area (TPSA) is 30.5 Å². The number of hydrogen-bond acceptors (Lipinski definition) is 3. The molecule has 1 N–H and O–H groups in total. The molecule has 0 amide bonds. The number of alkyl halides is 3. The molecule has 0 saturated carbocycles. The van der Waals surface area contributed by atoms with Crippen LogP contribution in [-0.2, 0) is 15.7 Å². The fourth-order valence-electron chi connectivity index (χ4n) is 2.56. The third kappa shape index (κ3) is 3.96. The number of halogens is 3. The summed E-state index contributed by atoms with van der Waals surface area (Å²) in [5.74, 6) is 0. The van der Waals surface area contributed by atoms with Gasteiger partial charge in [0.1, 0.15) is 6.10 Å². The van der Waals surface area contributed by atoms with Crippen LogP contribution in [0.4, 0.5) is 13.2 Å². The van der Waals surface area contributed by atoms with Crippen LogP contribution in [0.15, 0.2) is 18.2 Å². The number of aryl methyl sites for hydroxylation is 1. The molecule has 2 atom stereocenters. The smallest absolute Gasteiger partial charge is 0.376 e. The summed E-state index contributed by atoms with van der Waals surface area (Å²) in [6, 6.07) is 3.67. The van der Waals surface area contributed by atoms with Crippen molar-refractivity contribution in [1.29, 1.82) is 0 Å². The Kier molecular flexibility index (Phi) is 5.24. The van der Waals surface area contributed by atoms with Gasteiger partial charge in [0.25, 0.3) is 0 Å². The van der Waals surface area contributed by atoms with E-state index < -0.39 is 11.7 Å². The summed E-state index contributed by atoms with van der Waals surface area (Å²) in [4.78, 5) is 0. The van der Waals surface area contributed by atoms with Crippen LogP contribution in [-0.4, -0.2) is 32.5 Å². The summed E-state index contributed by atoms with van der Waals surface area (Å²) in [7, 11) is 0. The van der Waals surface area contributed by atoms with Crippen LogP contribution in [0.1, 0.15) is 29.7 Å². The fraction of sp³-hybridized carbons (Fsp3) is 0.600. The van der Waals surface area contributed by atoms with Gasteiger partial charge in [-0.15, -0.1) is 0 Å². The number of benzene rings is 1. The van der Waals surface area contributed by atoms with E-state index in [9.17, 15) is 13.2 Å². The molecule has 0 radical (unpaired) electrons. The van der Waals surface area contributed by atoms with Gasteiger partial charge in [-0.1, -0.05) is 13.0 Å². The molecule has 0 aliphatic carbocycles. The zero-order chi connectivity index (χ0) is 15.5. The second-order valence-corrected chi connectivity index (χ2v) is 5.09. The molecule has 21 heavy (non-hydrogen) atoms. The summed E-state index contributed by atoms with van der Waals surface area (Å²) in [6.07, 6.45) is -4.50. The maximum Gasteiger partial charge on any atom is 0.416 e. The van der Waals surface area contributed by atoms with Crippen LogP contribution in [0.5, 0.6) is 0 Å². The molecular weight excluding hydrogens is 283 g/mol. The molecule has 1 heterocycles. The number of likely N-dealkylation sites (N-methyl/N-ethyl adjacent to an activating group) is 1. The SMILES string of the molecule is CCNC(c1ccc(C(F)(F)F)cc1C)C1COCCO1. The lowest BCUT2D eigenvalue weighted by Crippen LogP contribution is -2.40.